The van der Waals surface area contributed by atoms with Gasteiger partial charge in [0.1, 0.15) is 0 Å². The SMILES string of the molecule is CCC(CC)(OC)C(N)c1cccs1. The molecule has 14 heavy (non-hydrogen) atoms. The van der Waals surface area contributed by atoms with E-state index < -0.39 is 0 Å². The smallest absolute Gasteiger partial charge is 0.0873 e. The maximum atomic E-state index is 6.24. The number of hydrogen-bond acceptors (Lipinski definition) is 3. The Morgan fingerprint density at radius 2 is 2.14 bits per heavy atom. The Bertz CT molecular complexity index is 246. The molecule has 0 fully saturated rings. The standard InChI is InChI=1S/C11H19NOS/c1-4-11(5-2,13-3)10(12)9-7-6-8-14-9/h6-8,10H,4-5,12H2,1-3H3. The van der Waals surface area contributed by atoms with E-state index in [2.05, 4.69) is 25.3 Å². The molecular weight excluding hydrogens is 194 g/mol. The van der Waals surface area contributed by atoms with E-state index in [9.17, 15) is 0 Å². The Balaban J connectivity index is 2.89. The third-order valence-corrected chi connectivity index (χ3v) is 3.98. The van der Waals surface area contributed by atoms with Crippen LogP contribution in [0, 0.1) is 0 Å². The van der Waals surface area contributed by atoms with Gasteiger partial charge < -0.3 is 10.5 Å². The van der Waals surface area contributed by atoms with Crippen LogP contribution in [0.3, 0.4) is 0 Å². The summed E-state index contributed by atoms with van der Waals surface area (Å²) in [5.41, 5.74) is 6.03. The van der Waals surface area contributed by atoms with Gasteiger partial charge in [-0.3, -0.25) is 0 Å². The van der Waals surface area contributed by atoms with Crippen LogP contribution in [-0.4, -0.2) is 12.7 Å². The minimum absolute atomic E-state index is 0.0116. The van der Waals surface area contributed by atoms with Gasteiger partial charge >= 0.3 is 0 Å². The molecule has 0 amide bonds. The summed E-state index contributed by atoms with van der Waals surface area (Å²) in [6, 6.07) is 4.10. The molecule has 0 bridgehead atoms. The molecule has 1 aromatic rings. The van der Waals surface area contributed by atoms with E-state index in [4.69, 9.17) is 10.5 Å². The molecule has 0 aliphatic heterocycles. The molecule has 80 valence electrons. The lowest BCUT2D eigenvalue weighted by atomic mass is 9.88. The fraction of sp³-hybridized carbons (Fsp3) is 0.636. The predicted octanol–water partition coefficient (Wildman–Crippen LogP) is 2.95. The first-order chi connectivity index (χ1) is 6.70. The van der Waals surface area contributed by atoms with Gasteiger partial charge in [0.25, 0.3) is 0 Å². The Hall–Kier alpha value is -0.380. The molecule has 1 atom stereocenters. The average Bonchev–Trinajstić information content (AvgIpc) is 2.74. The topological polar surface area (TPSA) is 35.2 Å². The molecule has 1 aromatic heterocycles. The summed E-state index contributed by atoms with van der Waals surface area (Å²) in [4.78, 5) is 1.20. The van der Waals surface area contributed by atoms with Crippen LogP contribution in [0.4, 0.5) is 0 Å². The van der Waals surface area contributed by atoms with Crippen LogP contribution in [0.1, 0.15) is 37.6 Å². The second-order valence-electron chi connectivity index (χ2n) is 3.47. The van der Waals surface area contributed by atoms with Gasteiger partial charge in [0, 0.05) is 12.0 Å². The molecular formula is C11H19NOS. The predicted molar refractivity (Wildman–Crippen MR) is 61.6 cm³/mol. The van der Waals surface area contributed by atoms with Crippen molar-refractivity contribution in [3.05, 3.63) is 22.4 Å². The van der Waals surface area contributed by atoms with E-state index in [1.165, 1.54) is 4.88 Å². The normalized spacial score (nSPS) is 14.3. The summed E-state index contributed by atoms with van der Waals surface area (Å²) in [5.74, 6) is 0. The first-order valence-electron chi connectivity index (χ1n) is 5.04. The highest BCUT2D eigenvalue weighted by atomic mass is 32.1. The maximum absolute atomic E-state index is 6.24. The minimum Gasteiger partial charge on any atom is -0.376 e. The summed E-state index contributed by atoms with van der Waals surface area (Å²) in [6.07, 6.45) is 1.89. The van der Waals surface area contributed by atoms with Crippen LogP contribution in [0.2, 0.25) is 0 Å². The number of methoxy groups -OCH3 is 1. The van der Waals surface area contributed by atoms with Gasteiger partial charge in [-0.05, 0) is 24.3 Å². The quantitative estimate of drug-likeness (QED) is 0.816. The lowest BCUT2D eigenvalue weighted by Crippen LogP contribution is -2.41. The van der Waals surface area contributed by atoms with E-state index in [1.54, 1.807) is 18.4 Å². The van der Waals surface area contributed by atoms with Crippen LogP contribution < -0.4 is 5.73 Å². The van der Waals surface area contributed by atoms with Crippen molar-refractivity contribution in [1.82, 2.24) is 0 Å². The monoisotopic (exact) mass is 213 g/mol. The first kappa shape index (κ1) is 11.7. The van der Waals surface area contributed by atoms with E-state index in [0.717, 1.165) is 12.8 Å². The summed E-state index contributed by atoms with van der Waals surface area (Å²) in [5, 5.41) is 2.06. The Labute approximate surface area is 90.1 Å². The van der Waals surface area contributed by atoms with Crippen molar-refractivity contribution < 1.29 is 4.74 Å². The maximum Gasteiger partial charge on any atom is 0.0873 e. The minimum atomic E-state index is -0.204. The molecule has 2 nitrogen and oxygen atoms in total. The fourth-order valence-corrected chi connectivity index (χ4v) is 2.67. The van der Waals surface area contributed by atoms with Crippen LogP contribution in [0.15, 0.2) is 17.5 Å². The van der Waals surface area contributed by atoms with Crippen molar-refractivity contribution in [2.24, 2.45) is 5.73 Å². The van der Waals surface area contributed by atoms with Crippen LogP contribution in [0.25, 0.3) is 0 Å². The van der Waals surface area contributed by atoms with Gasteiger partial charge in [0.05, 0.1) is 11.6 Å². The van der Waals surface area contributed by atoms with E-state index in [-0.39, 0.29) is 11.6 Å². The zero-order valence-corrected chi connectivity index (χ0v) is 9.93. The fourth-order valence-electron chi connectivity index (χ4n) is 1.83. The van der Waals surface area contributed by atoms with Gasteiger partial charge in [-0.15, -0.1) is 11.3 Å². The Kier molecular flexibility index (Phi) is 4.11. The molecule has 0 aliphatic carbocycles. The van der Waals surface area contributed by atoms with Gasteiger partial charge in [-0.25, -0.2) is 0 Å². The van der Waals surface area contributed by atoms with Crippen molar-refractivity contribution >= 4 is 11.3 Å². The van der Waals surface area contributed by atoms with Gasteiger partial charge in [-0.1, -0.05) is 19.9 Å². The van der Waals surface area contributed by atoms with Crippen molar-refractivity contribution in [3.8, 4) is 0 Å². The molecule has 0 saturated heterocycles. The lowest BCUT2D eigenvalue weighted by molar-refractivity contribution is -0.0377. The summed E-state index contributed by atoms with van der Waals surface area (Å²) >= 11 is 1.70. The molecule has 1 heterocycles. The van der Waals surface area contributed by atoms with Gasteiger partial charge in [0.2, 0.25) is 0 Å². The highest BCUT2D eigenvalue weighted by Crippen LogP contribution is 2.34. The largest absolute Gasteiger partial charge is 0.376 e. The third-order valence-electron chi connectivity index (χ3n) is 3.02. The Morgan fingerprint density at radius 3 is 2.50 bits per heavy atom. The molecule has 2 N–H and O–H groups in total. The molecule has 3 heteroatoms. The van der Waals surface area contributed by atoms with E-state index >= 15 is 0 Å². The molecule has 0 spiro atoms. The number of nitrogens with two attached hydrogens (primary N) is 1. The molecule has 1 unspecified atom stereocenters. The van der Waals surface area contributed by atoms with Crippen molar-refractivity contribution in [2.75, 3.05) is 7.11 Å². The Morgan fingerprint density at radius 1 is 1.50 bits per heavy atom. The summed E-state index contributed by atoms with van der Waals surface area (Å²) in [6.45, 7) is 4.25. The molecule has 0 aliphatic rings. The number of thiophene rings is 1. The van der Waals surface area contributed by atoms with Crippen LogP contribution >= 0.6 is 11.3 Å². The van der Waals surface area contributed by atoms with E-state index in [0.29, 0.717) is 0 Å². The second kappa shape index (κ2) is 4.91. The van der Waals surface area contributed by atoms with Crippen molar-refractivity contribution in [3.63, 3.8) is 0 Å². The number of hydrogen-bond donors (Lipinski definition) is 1. The van der Waals surface area contributed by atoms with Gasteiger partial charge in [-0.2, -0.15) is 0 Å². The summed E-state index contributed by atoms with van der Waals surface area (Å²) < 4.78 is 5.60. The summed E-state index contributed by atoms with van der Waals surface area (Å²) in [7, 11) is 1.75. The number of ether oxygens (including phenoxy) is 1. The highest BCUT2D eigenvalue weighted by Gasteiger charge is 2.34. The number of rotatable bonds is 5. The second-order valence-corrected chi connectivity index (χ2v) is 4.45. The van der Waals surface area contributed by atoms with Gasteiger partial charge in [0.15, 0.2) is 0 Å². The zero-order chi connectivity index (χ0) is 10.6. The molecule has 0 aromatic carbocycles. The van der Waals surface area contributed by atoms with Crippen molar-refractivity contribution in [1.29, 1.82) is 0 Å². The molecule has 1 rings (SSSR count). The van der Waals surface area contributed by atoms with Crippen molar-refractivity contribution in [2.45, 2.75) is 38.3 Å². The highest BCUT2D eigenvalue weighted by molar-refractivity contribution is 7.10. The van der Waals surface area contributed by atoms with E-state index in [1.807, 2.05) is 6.07 Å². The third kappa shape index (κ3) is 2.00. The van der Waals surface area contributed by atoms with Crippen LogP contribution in [0.5, 0.6) is 0 Å². The van der Waals surface area contributed by atoms with Crippen LogP contribution in [-0.2, 0) is 4.74 Å². The zero-order valence-electron chi connectivity index (χ0n) is 9.12. The lowest BCUT2D eigenvalue weighted by Gasteiger charge is -2.35. The first-order valence-corrected chi connectivity index (χ1v) is 5.92. The molecule has 0 saturated carbocycles. The average molecular weight is 213 g/mol. The molecule has 0 radical (unpaired) electrons.